The molecule has 0 spiro atoms. The summed E-state index contributed by atoms with van der Waals surface area (Å²) in [4.78, 5) is 3.27. The lowest BCUT2D eigenvalue weighted by atomic mass is 9.94. The second-order valence-electron chi connectivity index (χ2n) is 6.26. The molecule has 0 amide bonds. The van der Waals surface area contributed by atoms with Crippen molar-refractivity contribution in [2.24, 2.45) is 0 Å². The fourth-order valence-corrected chi connectivity index (χ4v) is 4.66. The number of hydrogen-bond acceptors (Lipinski definition) is 2. The third-order valence-electron chi connectivity index (χ3n) is 4.38. The van der Waals surface area contributed by atoms with Gasteiger partial charge in [-0.1, -0.05) is 77.4 Å². The molecule has 4 heteroatoms. The van der Waals surface area contributed by atoms with Crippen LogP contribution in [-0.4, -0.2) is 0 Å². The summed E-state index contributed by atoms with van der Waals surface area (Å²) in [7, 11) is 0. The van der Waals surface area contributed by atoms with Gasteiger partial charge in [0.05, 0.1) is 0 Å². The molecule has 0 fully saturated rings. The van der Waals surface area contributed by atoms with Gasteiger partial charge in [-0.25, -0.2) is 0 Å². The van der Waals surface area contributed by atoms with Gasteiger partial charge in [-0.15, -0.1) is 12.6 Å². The van der Waals surface area contributed by atoms with E-state index in [1.54, 1.807) is 11.8 Å². The summed E-state index contributed by atoms with van der Waals surface area (Å²) in [5.74, 6) is 0. The molecule has 138 valence electrons. The van der Waals surface area contributed by atoms with Gasteiger partial charge >= 0.3 is 0 Å². The number of hydrogen-bond donors (Lipinski definition) is 1. The highest BCUT2D eigenvalue weighted by atomic mass is 35.5. The lowest BCUT2D eigenvalue weighted by molar-refractivity contribution is 1.34. The van der Waals surface area contributed by atoms with E-state index < -0.39 is 0 Å². The van der Waals surface area contributed by atoms with Crippen molar-refractivity contribution < 1.29 is 0 Å². The Bertz CT molecular complexity index is 1090. The molecule has 0 radical (unpaired) electrons. The summed E-state index contributed by atoms with van der Waals surface area (Å²) in [6.45, 7) is 0. The Morgan fingerprint density at radius 2 is 1.11 bits per heavy atom. The van der Waals surface area contributed by atoms with Crippen LogP contribution in [0.5, 0.6) is 0 Å². The standard InChI is InChI=1S/C24H16Cl2S2/c25-18-10-6-16(7-11-18)23-21(27)14-15-22(28-20-4-2-1-3-5-20)24(23)17-8-12-19(26)13-9-17/h1-15,27H. The van der Waals surface area contributed by atoms with Crippen LogP contribution in [-0.2, 0) is 0 Å². The molecule has 0 heterocycles. The smallest absolute Gasteiger partial charge is 0.0406 e. The maximum Gasteiger partial charge on any atom is 0.0406 e. The molecule has 4 aromatic rings. The zero-order valence-corrected chi connectivity index (χ0v) is 18.0. The van der Waals surface area contributed by atoms with Crippen LogP contribution in [0.2, 0.25) is 10.0 Å². The number of halogens is 2. The molecule has 0 aliphatic carbocycles. The van der Waals surface area contributed by atoms with Gasteiger partial charge in [0, 0.05) is 35.9 Å². The second kappa shape index (κ2) is 8.67. The summed E-state index contributed by atoms with van der Waals surface area (Å²) in [6, 6.07) is 30.4. The highest BCUT2D eigenvalue weighted by Crippen LogP contribution is 2.45. The highest BCUT2D eigenvalue weighted by Gasteiger charge is 2.17. The molecule has 0 saturated heterocycles. The molecule has 0 bridgehead atoms. The van der Waals surface area contributed by atoms with Crippen LogP contribution in [0, 0.1) is 0 Å². The second-order valence-corrected chi connectivity index (χ2v) is 8.73. The van der Waals surface area contributed by atoms with Gasteiger partial charge in [0.15, 0.2) is 0 Å². The predicted octanol–water partition coefficient (Wildman–Crippen LogP) is 8.77. The summed E-state index contributed by atoms with van der Waals surface area (Å²) in [5, 5.41) is 1.43. The minimum Gasteiger partial charge on any atom is -0.143 e. The van der Waals surface area contributed by atoms with E-state index in [4.69, 9.17) is 35.8 Å². The Balaban J connectivity index is 1.94. The molecule has 4 rings (SSSR count). The van der Waals surface area contributed by atoms with E-state index in [9.17, 15) is 0 Å². The first-order chi connectivity index (χ1) is 13.6. The van der Waals surface area contributed by atoms with Crippen LogP contribution in [0.25, 0.3) is 22.3 Å². The molecular weight excluding hydrogens is 423 g/mol. The van der Waals surface area contributed by atoms with E-state index in [-0.39, 0.29) is 0 Å². The van der Waals surface area contributed by atoms with Crippen molar-refractivity contribution in [1.82, 2.24) is 0 Å². The summed E-state index contributed by atoms with van der Waals surface area (Å²) >= 11 is 18.8. The fraction of sp³-hybridized carbons (Fsp3) is 0. The van der Waals surface area contributed by atoms with Crippen molar-refractivity contribution in [1.29, 1.82) is 0 Å². The Hall–Kier alpha value is -1.84. The van der Waals surface area contributed by atoms with Gasteiger partial charge in [-0.2, -0.15) is 0 Å². The number of rotatable bonds is 4. The molecule has 0 aliphatic heterocycles. The van der Waals surface area contributed by atoms with Crippen LogP contribution in [0.4, 0.5) is 0 Å². The molecule has 0 nitrogen and oxygen atoms in total. The van der Waals surface area contributed by atoms with Gasteiger partial charge in [-0.05, 0) is 59.7 Å². The van der Waals surface area contributed by atoms with Gasteiger partial charge in [0.2, 0.25) is 0 Å². The zero-order valence-electron chi connectivity index (χ0n) is 14.8. The molecule has 0 atom stereocenters. The average Bonchev–Trinajstić information content (AvgIpc) is 2.71. The van der Waals surface area contributed by atoms with Crippen molar-refractivity contribution in [3.8, 4) is 22.3 Å². The summed E-state index contributed by atoms with van der Waals surface area (Å²) in [5.41, 5.74) is 4.40. The monoisotopic (exact) mass is 438 g/mol. The number of benzene rings is 4. The maximum absolute atomic E-state index is 6.14. The highest BCUT2D eigenvalue weighted by molar-refractivity contribution is 7.99. The first-order valence-corrected chi connectivity index (χ1v) is 10.7. The minimum absolute atomic E-state index is 0.715. The van der Waals surface area contributed by atoms with Crippen LogP contribution in [0.3, 0.4) is 0 Å². The molecule has 0 unspecified atom stereocenters. The van der Waals surface area contributed by atoms with Gasteiger partial charge in [-0.3, -0.25) is 0 Å². The van der Waals surface area contributed by atoms with Crippen molar-refractivity contribution in [3.63, 3.8) is 0 Å². The lowest BCUT2D eigenvalue weighted by Crippen LogP contribution is -1.91. The van der Waals surface area contributed by atoms with Crippen molar-refractivity contribution >= 4 is 47.6 Å². The Morgan fingerprint density at radius 3 is 1.68 bits per heavy atom. The van der Waals surface area contributed by atoms with E-state index in [1.165, 1.54) is 4.90 Å². The first kappa shape index (κ1) is 19.5. The van der Waals surface area contributed by atoms with Gasteiger partial charge in [0.25, 0.3) is 0 Å². The topological polar surface area (TPSA) is 0 Å². The molecule has 0 aliphatic rings. The van der Waals surface area contributed by atoms with Crippen LogP contribution in [0.15, 0.2) is 106 Å². The SMILES string of the molecule is Sc1ccc(Sc2ccccc2)c(-c2ccc(Cl)cc2)c1-c1ccc(Cl)cc1. The maximum atomic E-state index is 6.14. The Kier molecular flexibility index (Phi) is 6.03. The Labute approximate surface area is 184 Å². The summed E-state index contributed by atoms with van der Waals surface area (Å²) in [6.07, 6.45) is 0. The largest absolute Gasteiger partial charge is 0.143 e. The van der Waals surface area contributed by atoms with E-state index in [1.807, 2.05) is 42.5 Å². The minimum atomic E-state index is 0.715. The van der Waals surface area contributed by atoms with E-state index in [0.29, 0.717) is 5.02 Å². The first-order valence-electron chi connectivity index (χ1n) is 8.72. The van der Waals surface area contributed by atoms with Crippen molar-refractivity contribution in [3.05, 3.63) is 101 Å². The van der Waals surface area contributed by atoms with Crippen molar-refractivity contribution in [2.75, 3.05) is 0 Å². The van der Waals surface area contributed by atoms with Crippen LogP contribution in [0.1, 0.15) is 0 Å². The predicted molar refractivity (Wildman–Crippen MR) is 125 cm³/mol. The van der Waals surface area contributed by atoms with Gasteiger partial charge in [0.1, 0.15) is 0 Å². The third-order valence-corrected chi connectivity index (χ3v) is 6.33. The van der Waals surface area contributed by atoms with E-state index in [2.05, 4.69) is 48.5 Å². The molecule has 0 saturated carbocycles. The molecule has 0 N–H and O–H groups in total. The molecule has 28 heavy (non-hydrogen) atoms. The van der Waals surface area contributed by atoms with Crippen LogP contribution >= 0.6 is 47.6 Å². The number of thiol groups is 1. The molecule has 4 aromatic carbocycles. The normalized spacial score (nSPS) is 10.8. The van der Waals surface area contributed by atoms with E-state index in [0.717, 1.165) is 37.1 Å². The van der Waals surface area contributed by atoms with Gasteiger partial charge < -0.3 is 0 Å². The zero-order chi connectivity index (χ0) is 19.5. The van der Waals surface area contributed by atoms with Crippen LogP contribution < -0.4 is 0 Å². The molecular formula is C24H16Cl2S2. The fourth-order valence-electron chi connectivity index (χ4n) is 3.09. The summed E-state index contributed by atoms with van der Waals surface area (Å²) < 4.78 is 0. The third kappa shape index (κ3) is 4.26. The van der Waals surface area contributed by atoms with Crippen molar-refractivity contribution in [2.45, 2.75) is 14.7 Å². The molecule has 0 aromatic heterocycles. The lowest BCUT2D eigenvalue weighted by Gasteiger charge is -2.18. The van der Waals surface area contributed by atoms with E-state index >= 15 is 0 Å². The Morgan fingerprint density at radius 1 is 0.571 bits per heavy atom. The average molecular weight is 439 g/mol. The quantitative estimate of drug-likeness (QED) is 0.310.